The number of likely N-dealkylation sites (tertiary alicyclic amines) is 1. The SMILES string of the molecule is O=C1C(=O)N(CCO)C(c2ccc(F)cc2)/C1=C(\O)c1ccccc1. The number of β-amino-alcohol motifs (C(OH)–C–C–N with tert-alkyl or cyclic N) is 1. The molecule has 2 aromatic rings. The molecule has 128 valence electrons. The van der Waals surface area contributed by atoms with Crippen LogP contribution in [0.5, 0.6) is 0 Å². The fourth-order valence-electron chi connectivity index (χ4n) is 2.96. The third-order valence-corrected chi connectivity index (χ3v) is 4.11. The van der Waals surface area contributed by atoms with Crippen molar-refractivity contribution in [2.24, 2.45) is 0 Å². The van der Waals surface area contributed by atoms with Crippen molar-refractivity contribution in [3.63, 3.8) is 0 Å². The van der Waals surface area contributed by atoms with Crippen LogP contribution >= 0.6 is 0 Å². The van der Waals surface area contributed by atoms with Gasteiger partial charge in [0.2, 0.25) is 0 Å². The van der Waals surface area contributed by atoms with Crippen LogP contribution in [-0.2, 0) is 9.59 Å². The lowest BCUT2D eigenvalue weighted by Gasteiger charge is -2.24. The average molecular weight is 341 g/mol. The molecule has 1 amide bonds. The monoisotopic (exact) mass is 341 g/mol. The van der Waals surface area contributed by atoms with E-state index in [1.807, 2.05) is 0 Å². The summed E-state index contributed by atoms with van der Waals surface area (Å²) in [6.45, 7) is -0.408. The van der Waals surface area contributed by atoms with Crippen LogP contribution in [0, 0.1) is 5.82 Å². The maximum absolute atomic E-state index is 13.2. The van der Waals surface area contributed by atoms with E-state index in [1.165, 1.54) is 29.2 Å². The van der Waals surface area contributed by atoms with Gasteiger partial charge in [-0.25, -0.2) is 4.39 Å². The van der Waals surface area contributed by atoms with Gasteiger partial charge in [-0.05, 0) is 17.7 Å². The van der Waals surface area contributed by atoms with Gasteiger partial charge in [0.05, 0.1) is 18.2 Å². The Morgan fingerprint density at radius 1 is 1.04 bits per heavy atom. The molecule has 25 heavy (non-hydrogen) atoms. The lowest BCUT2D eigenvalue weighted by atomic mass is 9.95. The second-order valence-electron chi connectivity index (χ2n) is 5.63. The van der Waals surface area contributed by atoms with Crippen molar-refractivity contribution in [2.45, 2.75) is 6.04 Å². The number of Topliss-reactive ketones (excluding diaryl/α,β-unsaturated/α-hetero) is 1. The number of hydrogen-bond donors (Lipinski definition) is 2. The zero-order valence-electron chi connectivity index (χ0n) is 13.2. The van der Waals surface area contributed by atoms with Gasteiger partial charge in [-0.3, -0.25) is 9.59 Å². The van der Waals surface area contributed by atoms with Crippen LogP contribution < -0.4 is 0 Å². The van der Waals surface area contributed by atoms with E-state index >= 15 is 0 Å². The Balaban J connectivity index is 2.18. The quantitative estimate of drug-likeness (QED) is 0.508. The Labute approximate surface area is 143 Å². The molecule has 1 unspecified atom stereocenters. The number of carbonyl (C=O) groups is 2. The summed E-state index contributed by atoms with van der Waals surface area (Å²) in [4.78, 5) is 26.0. The van der Waals surface area contributed by atoms with Crippen LogP contribution in [-0.4, -0.2) is 40.0 Å². The Hall–Kier alpha value is -2.99. The highest BCUT2D eigenvalue weighted by atomic mass is 19.1. The summed E-state index contributed by atoms with van der Waals surface area (Å²) in [5, 5.41) is 19.9. The fraction of sp³-hybridized carbons (Fsp3) is 0.158. The maximum Gasteiger partial charge on any atom is 0.295 e. The lowest BCUT2D eigenvalue weighted by Crippen LogP contribution is -2.32. The molecule has 0 saturated carbocycles. The molecule has 0 aliphatic carbocycles. The molecule has 0 bridgehead atoms. The standard InChI is InChI=1S/C19H16FNO4/c20-14-8-6-12(7-9-14)16-15(17(23)13-4-2-1-3-5-13)18(24)19(25)21(16)10-11-22/h1-9,16,22-23H,10-11H2/b17-15+. The number of benzene rings is 2. The summed E-state index contributed by atoms with van der Waals surface area (Å²) < 4.78 is 13.2. The summed E-state index contributed by atoms with van der Waals surface area (Å²) in [5.41, 5.74) is 0.805. The van der Waals surface area contributed by atoms with Crippen molar-refractivity contribution >= 4 is 17.4 Å². The Kier molecular flexibility index (Phi) is 4.63. The van der Waals surface area contributed by atoms with Gasteiger partial charge in [-0.1, -0.05) is 42.5 Å². The Morgan fingerprint density at radius 2 is 1.68 bits per heavy atom. The van der Waals surface area contributed by atoms with Gasteiger partial charge in [0.25, 0.3) is 11.7 Å². The largest absolute Gasteiger partial charge is 0.507 e. The van der Waals surface area contributed by atoms with Crippen molar-refractivity contribution < 1.29 is 24.2 Å². The van der Waals surface area contributed by atoms with Gasteiger partial charge in [-0.15, -0.1) is 0 Å². The number of halogens is 1. The zero-order valence-corrected chi connectivity index (χ0v) is 13.2. The van der Waals surface area contributed by atoms with Crippen LogP contribution in [0.1, 0.15) is 17.2 Å². The minimum absolute atomic E-state index is 0.0712. The minimum atomic E-state index is -0.882. The van der Waals surface area contributed by atoms with E-state index in [9.17, 15) is 24.2 Å². The molecule has 1 heterocycles. The third kappa shape index (κ3) is 3.04. The van der Waals surface area contributed by atoms with Crippen LogP contribution in [0.15, 0.2) is 60.2 Å². The number of ketones is 1. The van der Waals surface area contributed by atoms with Crippen molar-refractivity contribution in [1.29, 1.82) is 0 Å². The normalized spacial score (nSPS) is 19.4. The summed E-state index contributed by atoms with van der Waals surface area (Å²) in [6, 6.07) is 12.9. The van der Waals surface area contributed by atoms with Gasteiger partial charge in [0, 0.05) is 12.1 Å². The van der Waals surface area contributed by atoms with Crippen LogP contribution in [0.25, 0.3) is 5.76 Å². The highest BCUT2D eigenvalue weighted by molar-refractivity contribution is 6.46. The molecular formula is C19H16FNO4. The first-order valence-corrected chi connectivity index (χ1v) is 7.74. The minimum Gasteiger partial charge on any atom is -0.507 e. The lowest BCUT2D eigenvalue weighted by molar-refractivity contribution is -0.140. The number of aliphatic hydroxyl groups excluding tert-OH is 2. The predicted molar refractivity (Wildman–Crippen MR) is 88.9 cm³/mol. The number of aliphatic hydroxyl groups is 2. The van der Waals surface area contributed by atoms with Crippen molar-refractivity contribution in [2.75, 3.05) is 13.2 Å². The molecule has 1 saturated heterocycles. The smallest absolute Gasteiger partial charge is 0.295 e. The summed E-state index contributed by atoms with van der Waals surface area (Å²) in [6.07, 6.45) is 0. The van der Waals surface area contributed by atoms with Gasteiger partial charge in [0.15, 0.2) is 0 Å². The highest BCUT2D eigenvalue weighted by Crippen LogP contribution is 2.39. The number of nitrogens with zero attached hydrogens (tertiary/aromatic N) is 1. The molecule has 1 aliphatic heterocycles. The van der Waals surface area contributed by atoms with Gasteiger partial charge < -0.3 is 15.1 Å². The maximum atomic E-state index is 13.2. The molecule has 1 fully saturated rings. The molecule has 0 spiro atoms. The van der Waals surface area contributed by atoms with E-state index < -0.39 is 23.5 Å². The number of rotatable bonds is 4. The predicted octanol–water partition coefficient (Wildman–Crippen LogP) is 2.24. The number of carbonyl (C=O) groups excluding carboxylic acids is 2. The van der Waals surface area contributed by atoms with Gasteiger partial charge in [-0.2, -0.15) is 0 Å². The molecule has 0 radical (unpaired) electrons. The molecular weight excluding hydrogens is 325 g/mol. The summed E-state index contributed by atoms with van der Waals surface area (Å²) in [7, 11) is 0. The number of hydrogen-bond acceptors (Lipinski definition) is 4. The topological polar surface area (TPSA) is 77.8 Å². The molecule has 1 atom stereocenters. The van der Waals surface area contributed by atoms with Crippen molar-refractivity contribution in [3.8, 4) is 0 Å². The fourth-order valence-corrected chi connectivity index (χ4v) is 2.96. The molecule has 2 aromatic carbocycles. The summed E-state index contributed by atoms with van der Waals surface area (Å²) >= 11 is 0. The van der Waals surface area contributed by atoms with Crippen LogP contribution in [0.2, 0.25) is 0 Å². The van der Waals surface area contributed by atoms with E-state index in [-0.39, 0.29) is 24.5 Å². The van der Waals surface area contributed by atoms with Crippen LogP contribution in [0.4, 0.5) is 4.39 Å². The van der Waals surface area contributed by atoms with Crippen molar-refractivity contribution in [3.05, 3.63) is 77.1 Å². The van der Waals surface area contributed by atoms with E-state index in [2.05, 4.69) is 0 Å². The second kappa shape index (κ2) is 6.86. The van der Waals surface area contributed by atoms with E-state index in [0.29, 0.717) is 11.1 Å². The van der Waals surface area contributed by atoms with Gasteiger partial charge in [0.1, 0.15) is 11.6 Å². The molecule has 3 rings (SSSR count). The third-order valence-electron chi connectivity index (χ3n) is 4.11. The first kappa shape index (κ1) is 16.9. The first-order valence-electron chi connectivity index (χ1n) is 7.74. The van der Waals surface area contributed by atoms with Crippen molar-refractivity contribution in [1.82, 2.24) is 4.90 Å². The Bertz CT molecular complexity index is 830. The molecule has 5 nitrogen and oxygen atoms in total. The van der Waals surface area contributed by atoms with Gasteiger partial charge >= 0.3 is 0 Å². The molecule has 1 aliphatic rings. The van der Waals surface area contributed by atoms with E-state index in [4.69, 9.17) is 0 Å². The van der Waals surface area contributed by atoms with E-state index in [0.717, 1.165) is 0 Å². The molecule has 6 heteroatoms. The van der Waals surface area contributed by atoms with E-state index in [1.54, 1.807) is 30.3 Å². The van der Waals surface area contributed by atoms with Crippen LogP contribution in [0.3, 0.4) is 0 Å². The molecule has 2 N–H and O–H groups in total. The number of amides is 1. The summed E-state index contributed by atoms with van der Waals surface area (Å²) in [5.74, 6) is -2.38. The highest BCUT2D eigenvalue weighted by Gasteiger charge is 2.45. The average Bonchev–Trinajstić information content (AvgIpc) is 2.88. The Morgan fingerprint density at radius 3 is 2.28 bits per heavy atom. The first-order chi connectivity index (χ1) is 12.0. The molecule has 0 aromatic heterocycles. The second-order valence-corrected chi connectivity index (χ2v) is 5.63. The zero-order chi connectivity index (χ0) is 18.0.